The number of aromatic amines is 1. The molecule has 26 heteroatoms. The van der Waals surface area contributed by atoms with Gasteiger partial charge in [0, 0.05) is 42.4 Å². The molecule has 6 N–H and O–H groups in total. The Balaban J connectivity index is 1.20. The number of phosphoric acid groups is 2. The lowest BCUT2D eigenvalue weighted by atomic mass is 10.0. The van der Waals surface area contributed by atoms with Gasteiger partial charge in [-0.15, -0.1) is 0 Å². The molecule has 2 fully saturated rings. The molecule has 4 heterocycles. The summed E-state index contributed by atoms with van der Waals surface area (Å²) in [7, 11) is -9.90. The highest BCUT2D eigenvalue weighted by atomic mass is 31.2. The number of aryl methyl sites for hydroxylation is 1. The summed E-state index contributed by atoms with van der Waals surface area (Å²) in [6.45, 7) is 4.04. The first-order valence-corrected chi connectivity index (χ1v) is 34.8. The van der Waals surface area contributed by atoms with Crippen molar-refractivity contribution in [3.63, 3.8) is 0 Å². The molecule has 0 aliphatic carbocycles. The fraction of sp³-hybridized carbons (Fsp3) is 0.862. The van der Waals surface area contributed by atoms with Crippen molar-refractivity contribution >= 4 is 21.5 Å². The molecular formula is C58H104N8O16P2. The lowest BCUT2D eigenvalue weighted by Gasteiger charge is -2.23. The smallest absolute Gasteiger partial charge is 0.387 e. The zero-order chi connectivity index (χ0) is 60.8. The second-order valence-corrected chi connectivity index (χ2v) is 25.7. The van der Waals surface area contributed by atoms with Crippen molar-refractivity contribution in [1.29, 1.82) is 0 Å². The summed E-state index contributed by atoms with van der Waals surface area (Å²) in [4.78, 5) is 68.1. The van der Waals surface area contributed by atoms with Crippen LogP contribution < -0.4 is 22.3 Å². The van der Waals surface area contributed by atoms with Crippen LogP contribution in [0.2, 0.25) is 0 Å². The monoisotopic (exact) mass is 1230 g/mol. The largest absolute Gasteiger partial charge is 0.472 e. The van der Waals surface area contributed by atoms with E-state index in [0.717, 1.165) is 54.1 Å². The Morgan fingerprint density at radius 3 is 1.62 bits per heavy atom. The van der Waals surface area contributed by atoms with E-state index in [1.54, 1.807) is 6.07 Å². The first-order valence-electron chi connectivity index (χ1n) is 31.8. The van der Waals surface area contributed by atoms with Gasteiger partial charge in [0.1, 0.15) is 36.5 Å². The van der Waals surface area contributed by atoms with E-state index in [2.05, 4.69) is 39.2 Å². The number of aliphatic hydroxyl groups excluding tert-OH is 2. The van der Waals surface area contributed by atoms with Crippen LogP contribution in [0.25, 0.3) is 10.4 Å². The normalized spacial score (nSPS) is 21.5. The minimum Gasteiger partial charge on any atom is -0.387 e. The van der Waals surface area contributed by atoms with Crippen LogP contribution in [0.1, 0.15) is 244 Å². The molecule has 0 saturated carbocycles. The first-order chi connectivity index (χ1) is 40.6. The van der Waals surface area contributed by atoms with Gasteiger partial charge in [-0.25, -0.2) is 18.7 Å². The van der Waals surface area contributed by atoms with Gasteiger partial charge in [-0.1, -0.05) is 212 Å². The maximum Gasteiger partial charge on any atom is 0.472 e. The number of azide groups is 1. The molecule has 0 amide bonds. The standard InChI is InChI=1S/C58H104N8O16P2/c1-4-6-8-10-12-14-16-18-20-22-24-26-28-30-32-34-37-60-51-36-38-65(57(70)61-51)56-54(68)53(67)50(82-56)45-80-84(74,75)78-43-47(76-39-35-33-31-29-27-25-23-21-19-17-15-13-11-9-7-5-2)42-77-83(72,73)79-44-49-48(63-64-59)40-52(81-49)66-41-46(3)55(69)62-58(66)71/h36,38,41,47-50,52-54,56,67-68H,4-35,37,39-40,42-45H2,1-3H3,(H,72,73)(H,74,75)(H,60,61,70)(H,62,69,71). The number of H-pyrrole nitrogens is 1. The number of nitrogens with zero attached hydrogens (tertiary/aromatic N) is 6. The number of hydrogen-bond donors (Lipinski definition) is 6. The number of aromatic nitrogens is 4. The average Bonchev–Trinajstić information content (AvgIpc) is 3.75. The summed E-state index contributed by atoms with van der Waals surface area (Å²) >= 11 is 0. The SMILES string of the molecule is CCCCCCCCCCCCCCCCCCNc1ccn(C2OC(COP(=O)(O)OCC(COP(=O)(O)OCC3OC(n4cc(C)c(=O)[nH]c4=O)CC3N=[N+]=[N-])OCCCCCCCCCCCCCCCCCC)C(O)C2O)c(=O)n1. The Bertz CT molecular complexity index is 2430. The zero-order valence-corrected chi connectivity index (χ0v) is 52.5. The minimum atomic E-state index is -4.97. The molecule has 0 spiro atoms. The third-order valence-corrected chi connectivity index (χ3v) is 17.5. The topological polar surface area (TPSA) is 330 Å². The first kappa shape index (κ1) is 73.2. The number of hydrogen-bond acceptors (Lipinski definition) is 17. The fourth-order valence-electron chi connectivity index (χ4n) is 10.5. The second-order valence-electron chi connectivity index (χ2n) is 22.8. The Labute approximate surface area is 497 Å². The lowest BCUT2D eigenvalue weighted by Crippen LogP contribution is -2.36. The molecule has 0 bridgehead atoms. The molecular weight excluding hydrogens is 1130 g/mol. The van der Waals surface area contributed by atoms with E-state index in [0.29, 0.717) is 18.8 Å². The van der Waals surface area contributed by atoms with Gasteiger partial charge in [-0.3, -0.25) is 37.0 Å². The van der Waals surface area contributed by atoms with Crippen molar-refractivity contribution in [2.75, 3.05) is 44.9 Å². The van der Waals surface area contributed by atoms with Crippen LogP contribution in [0, 0.1) is 6.92 Å². The van der Waals surface area contributed by atoms with Crippen LogP contribution in [-0.2, 0) is 41.4 Å². The molecule has 0 radical (unpaired) electrons. The summed E-state index contributed by atoms with van der Waals surface area (Å²) in [5, 5.41) is 28.6. The fourth-order valence-corrected chi connectivity index (χ4v) is 12.1. The molecule has 2 saturated heterocycles. The van der Waals surface area contributed by atoms with E-state index < -0.39 is 108 Å². The highest BCUT2D eigenvalue weighted by molar-refractivity contribution is 7.47. The Kier molecular flexibility index (Phi) is 37.1. The molecule has 4 rings (SSSR count). The van der Waals surface area contributed by atoms with Crippen molar-refractivity contribution in [2.45, 2.75) is 282 Å². The molecule has 2 aromatic rings. The van der Waals surface area contributed by atoms with E-state index >= 15 is 0 Å². The molecule has 84 heavy (non-hydrogen) atoms. The lowest BCUT2D eigenvalue weighted by molar-refractivity contribution is -0.0586. The van der Waals surface area contributed by atoms with E-state index in [-0.39, 0.29) is 18.6 Å². The molecule has 482 valence electrons. The van der Waals surface area contributed by atoms with Gasteiger partial charge in [-0.05, 0) is 31.4 Å². The van der Waals surface area contributed by atoms with Gasteiger partial charge < -0.3 is 39.5 Å². The van der Waals surface area contributed by atoms with Crippen molar-refractivity contribution in [1.82, 2.24) is 19.1 Å². The summed E-state index contributed by atoms with van der Waals surface area (Å²) in [6, 6.07) is 0.618. The maximum atomic E-state index is 13.2. The number of unbranched alkanes of at least 4 members (excludes halogenated alkanes) is 30. The number of aliphatic hydroxyl groups is 2. The highest BCUT2D eigenvalue weighted by Crippen LogP contribution is 2.47. The Morgan fingerprint density at radius 1 is 0.679 bits per heavy atom. The van der Waals surface area contributed by atoms with Crippen LogP contribution in [0.4, 0.5) is 5.82 Å². The van der Waals surface area contributed by atoms with Crippen LogP contribution >= 0.6 is 15.6 Å². The summed E-state index contributed by atoms with van der Waals surface area (Å²) in [6.07, 6.45) is 32.3. The van der Waals surface area contributed by atoms with E-state index in [1.807, 2.05) is 0 Å². The zero-order valence-electron chi connectivity index (χ0n) is 50.7. The van der Waals surface area contributed by atoms with Crippen LogP contribution in [0.3, 0.4) is 0 Å². The molecule has 0 aromatic carbocycles. The minimum absolute atomic E-state index is 0.0220. The predicted octanol–water partition coefficient (Wildman–Crippen LogP) is 12.3. The van der Waals surface area contributed by atoms with Crippen molar-refractivity contribution < 1.29 is 61.4 Å². The number of phosphoric ester groups is 2. The van der Waals surface area contributed by atoms with Crippen molar-refractivity contribution in [3.8, 4) is 0 Å². The van der Waals surface area contributed by atoms with Crippen LogP contribution in [-0.4, -0.2) is 115 Å². The van der Waals surface area contributed by atoms with Gasteiger partial charge in [-0.2, -0.15) is 4.98 Å². The number of rotatable bonds is 51. The predicted molar refractivity (Wildman–Crippen MR) is 323 cm³/mol. The summed E-state index contributed by atoms with van der Waals surface area (Å²) < 4.78 is 67.1. The van der Waals surface area contributed by atoms with Crippen LogP contribution in [0.5, 0.6) is 0 Å². The quantitative estimate of drug-likeness (QED) is 0.0118. The Hall–Kier alpha value is -3.31. The van der Waals surface area contributed by atoms with Crippen molar-refractivity contribution in [3.05, 3.63) is 65.8 Å². The second kappa shape index (κ2) is 42.5. The summed E-state index contributed by atoms with van der Waals surface area (Å²) in [5.41, 5.74) is 7.31. The number of anilines is 1. The third-order valence-electron chi connectivity index (χ3n) is 15.6. The highest BCUT2D eigenvalue weighted by Gasteiger charge is 2.45. The van der Waals surface area contributed by atoms with Gasteiger partial charge in [0.15, 0.2) is 6.23 Å². The van der Waals surface area contributed by atoms with Gasteiger partial charge in [0.25, 0.3) is 5.56 Å². The van der Waals surface area contributed by atoms with Gasteiger partial charge >= 0.3 is 27.0 Å². The number of ether oxygens (including phenoxy) is 3. The van der Waals surface area contributed by atoms with E-state index in [4.69, 9.17) is 32.3 Å². The molecule has 24 nitrogen and oxygen atoms in total. The molecule has 2 aliphatic rings. The maximum absolute atomic E-state index is 13.2. The summed E-state index contributed by atoms with van der Waals surface area (Å²) in [5.74, 6) is 0.350. The van der Waals surface area contributed by atoms with E-state index in [9.17, 15) is 49.0 Å². The van der Waals surface area contributed by atoms with Gasteiger partial charge in [0.2, 0.25) is 0 Å². The van der Waals surface area contributed by atoms with Crippen molar-refractivity contribution in [2.24, 2.45) is 5.11 Å². The third kappa shape index (κ3) is 29.6. The van der Waals surface area contributed by atoms with E-state index in [1.165, 1.54) is 173 Å². The van der Waals surface area contributed by atoms with Gasteiger partial charge in [0.05, 0.1) is 38.6 Å². The molecule has 10 atom stereocenters. The molecule has 2 aromatic heterocycles. The Morgan fingerprint density at radius 2 is 1.14 bits per heavy atom. The number of nitrogens with one attached hydrogen (secondary N) is 2. The average molecular weight is 1230 g/mol. The van der Waals surface area contributed by atoms with Crippen LogP contribution in [0.15, 0.2) is 38.0 Å². The molecule has 2 aliphatic heterocycles. The molecule has 10 unspecified atom stereocenters.